The van der Waals surface area contributed by atoms with E-state index in [0.717, 1.165) is 64.5 Å². The van der Waals surface area contributed by atoms with Crippen LogP contribution in [0.25, 0.3) is 109 Å². The Labute approximate surface area is 435 Å². The number of benzene rings is 11. The number of hydrogen-bond donors (Lipinski definition) is 0. The Morgan fingerprint density at radius 1 is 0.293 bits per heavy atom. The molecule has 2 aromatic heterocycles. The van der Waals surface area contributed by atoms with Gasteiger partial charge in [-0.25, -0.2) is 9.97 Å². The van der Waals surface area contributed by atoms with Gasteiger partial charge in [0.15, 0.2) is 0 Å². The van der Waals surface area contributed by atoms with Crippen LogP contribution in [0.5, 0.6) is 0 Å². The van der Waals surface area contributed by atoms with E-state index in [1.165, 1.54) is 89.0 Å². The molecule has 13 aromatic rings. The number of nitrogens with zero attached hydrogens (tertiary/aromatic N) is 4. The minimum absolute atomic E-state index is 0.522. The molecule has 0 radical (unpaired) electrons. The number of fused-ring (bicyclic) bond motifs is 27. The molecule has 5 heteroatoms. The predicted octanol–water partition coefficient (Wildman–Crippen LogP) is 16.9. The van der Waals surface area contributed by atoms with Gasteiger partial charge in [0.25, 0.3) is 0 Å². The molecular weight excluding hydrogens is 929 g/mol. The molecule has 0 unspecified atom stereocenters. The smallest absolute Gasteiger partial charge is 0.109 e. The molecule has 17 rings (SSSR count). The number of thiophene rings is 1. The van der Waals surface area contributed by atoms with Gasteiger partial charge in [0.2, 0.25) is 0 Å². The third-order valence-corrected chi connectivity index (χ3v) is 18.4. The van der Waals surface area contributed by atoms with Gasteiger partial charge in [-0.05, 0) is 124 Å². The second-order valence-electron chi connectivity index (χ2n) is 20.4. The molecule has 0 aliphatic heterocycles. The summed E-state index contributed by atoms with van der Waals surface area (Å²) in [6, 6.07) is 84.1. The van der Waals surface area contributed by atoms with Gasteiger partial charge < -0.3 is 0 Å². The van der Waals surface area contributed by atoms with Gasteiger partial charge in [-0.2, -0.15) is 10.5 Å². The van der Waals surface area contributed by atoms with E-state index in [1.807, 2.05) is 36.4 Å². The van der Waals surface area contributed by atoms with Crippen LogP contribution in [-0.4, -0.2) is 9.97 Å². The largest absolute Gasteiger partial charge is 0.242 e. The first kappa shape index (κ1) is 40.8. The topological polar surface area (TPSA) is 73.4 Å². The lowest BCUT2D eigenvalue weighted by molar-refractivity contribution is 0.794. The van der Waals surface area contributed by atoms with Crippen LogP contribution in [0.15, 0.2) is 218 Å². The van der Waals surface area contributed by atoms with E-state index < -0.39 is 10.8 Å². The normalized spacial score (nSPS) is 14.1. The highest BCUT2D eigenvalue weighted by Gasteiger charge is 2.54. The van der Waals surface area contributed by atoms with Crippen molar-refractivity contribution < 1.29 is 0 Å². The monoisotopic (exact) mass is 964 g/mol. The summed E-state index contributed by atoms with van der Waals surface area (Å²) in [7, 11) is 0. The number of aromatic nitrogens is 2. The summed E-state index contributed by atoms with van der Waals surface area (Å²) in [5, 5.41) is 23.9. The zero-order valence-electron chi connectivity index (χ0n) is 40.0. The van der Waals surface area contributed by atoms with Gasteiger partial charge in [-0.3, -0.25) is 0 Å². The molecule has 75 heavy (non-hydrogen) atoms. The molecule has 0 fully saturated rings. The molecule has 4 nitrogen and oxygen atoms in total. The first-order valence-electron chi connectivity index (χ1n) is 25.4. The van der Waals surface area contributed by atoms with Gasteiger partial charge in [0.1, 0.15) is 11.0 Å². The Hall–Kier alpha value is -9.78. The molecule has 0 amide bonds. The van der Waals surface area contributed by atoms with Gasteiger partial charge >= 0.3 is 0 Å². The second kappa shape index (κ2) is 14.5. The first-order valence-corrected chi connectivity index (χ1v) is 26.2. The second-order valence-corrected chi connectivity index (χ2v) is 21.4. The van der Waals surface area contributed by atoms with Gasteiger partial charge in [-0.1, -0.05) is 194 Å². The fourth-order valence-corrected chi connectivity index (χ4v) is 15.7. The zero-order valence-corrected chi connectivity index (χ0v) is 40.8. The summed E-state index contributed by atoms with van der Waals surface area (Å²) in [6.07, 6.45) is 0. The average Bonchev–Trinajstić information content (AvgIpc) is 4.45. The maximum atomic E-state index is 10.2. The van der Waals surface area contributed by atoms with Crippen LogP contribution in [-0.2, 0) is 10.8 Å². The molecule has 11 aromatic carbocycles. The quantitative estimate of drug-likeness (QED) is 0.162. The Morgan fingerprint density at radius 2 is 0.600 bits per heavy atom. The van der Waals surface area contributed by atoms with E-state index in [2.05, 4.69) is 194 Å². The third kappa shape index (κ3) is 4.86. The van der Waals surface area contributed by atoms with Crippen molar-refractivity contribution in [1.82, 2.24) is 9.97 Å². The van der Waals surface area contributed by atoms with Crippen LogP contribution >= 0.6 is 11.3 Å². The van der Waals surface area contributed by atoms with Crippen molar-refractivity contribution in [1.29, 1.82) is 10.5 Å². The zero-order chi connectivity index (χ0) is 49.3. The molecule has 0 N–H and O–H groups in total. The fourth-order valence-electron chi connectivity index (χ4n) is 14.4. The average molecular weight is 965 g/mol. The van der Waals surface area contributed by atoms with E-state index in [-0.39, 0.29) is 0 Å². The van der Waals surface area contributed by atoms with Crippen LogP contribution in [0.1, 0.15) is 55.6 Å². The van der Waals surface area contributed by atoms with E-state index in [1.54, 1.807) is 11.3 Å². The molecule has 2 spiro atoms. The lowest BCUT2D eigenvalue weighted by atomic mass is 9.70. The minimum atomic E-state index is -0.522. The van der Waals surface area contributed by atoms with Crippen molar-refractivity contribution in [2.24, 2.45) is 0 Å². The predicted molar refractivity (Wildman–Crippen MR) is 303 cm³/mol. The molecule has 4 aliphatic carbocycles. The van der Waals surface area contributed by atoms with Crippen molar-refractivity contribution in [3.05, 3.63) is 274 Å². The van der Waals surface area contributed by atoms with Gasteiger partial charge in [0, 0.05) is 21.9 Å². The Balaban J connectivity index is 1.02. The van der Waals surface area contributed by atoms with Crippen LogP contribution in [0.3, 0.4) is 0 Å². The van der Waals surface area contributed by atoms with Crippen LogP contribution in [0, 0.1) is 22.7 Å². The number of hydrogen-bond acceptors (Lipinski definition) is 5. The summed E-state index contributed by atoms with van der Waals surface area (Å²) in [5.74, 6) is 0. The van der Waals surface area contributed by atoms with Crippen molar-refractivity contribution >= 4 is 54.9 Å². The molecule has 0 atom stereocenters. The van der Waals surface area contributed by atoms with E-state index >= 15 is 0 Å². The Bertz CT molecular complexity index is 4490. The Morgan fingerprint density at radius 3 is 0.960 bits per heavy atom. The third-order valence-electron chi connectivity index (χ3n) is 17.2. The summed E-state index contributed by atoms with van der Waals surface area (Å²) < 4.78 is 0. The molecular formula is C70H36N4S. The summed E-state index contributed by atoms with van der Waals surface area (Å²) >= 11 is 1.79. The minimum Gasteiger partial charge on any atom is -0.242 e. The maximum absolute atomic E-state index is 10.2. The van der Waals surface area contributed by atoms with Gasteiger partial charge in [0.05, 0.1) is 54.9 Å². The summed E-state index contributed by atoms with van der Waals surface area (Å²) in [4.78, 5) is 13.9. The molecule has 0 saturated carbocycles. The van der Waals surface area contributed by atoms with E-state index in [4.69, 9.17) is 9.97 Å². The van der Waals surface area contributed by atoms with Crippen molar-refractivity contribution in [2.75, 3.05) is 0 Å². The number of nitriles is 2. The van der Waals surface area contributed by atoms with Crippen molar-refractivity contribution in [2.45, 2.75) is 10.8 Å². The summed E-state index contributed by atoms with van der Waals surface area (Å²) in [5.41, 5.74) is 25.7. The van der Waals surface area contributed by atoms with Gasteiger partial charge in [-0.15, -0.1) is 11.3 Å². The van der Waals surface area contributed by atoms with E-state index in [9.17, 15) is 10.5 Å². The highest BCUT2D eigenvalue weighted by molar-refractivity contribution is 7.21. The molecule has 2 heterocycles. The molecule has 0 saturated heterocycles. The maximum Gasteiger partial charge on any atom is 0.109 e. The van der Waals surface area contributed by atoms with Crippen LogP contribution in [0.4, 0.5) is 0 Å². The lowest BCUT2D eigenvalue weighted by Gasteiger charge is -2.30. The highest BCUT2D eigenvalue weighted by atomic mass is 32.1. The SMILES string of the molecule is N#Cc1ccc2c(c1)c1cc(C#N)ccc1c1nc3c(-c4cccc5c4-c4ccccc4C54c5ccccc5-c5ccccc54)sc(-c4cccc5c4-c4ccccc4C54c5ccccc5-c5ccccc54)c3nc21. The Kier molecular flexibility index (Phi) is 7.86. The van der Waals surface area contributed by atoms with Crippen molar-refractivity contribution in [3.8, 4) is 77.5 Å². The molecule has 0 bridgehead atoms. The number of rotatable bonds is 2. The highest BCUT2D eigenvalue weighted by Crippen LogP contribution is 2.67. The molecule has 4 aliphatic rings. The van der Waals surface area contributed by atoms with Crippen molar-refractivity contribution in [3.63, 3.8) is 0 Å². The lowest BCUT2D eigenvalue weighted by Crippen LogP contribution is -2.25. The van der Waals surface area contributed by atoms with E-state index in [0.29, 0.717) is 11.1 Å². The van der Waals surface area contributed by atoms with Crippen LogP contribution < -0.4 is 0 Å². The van der Waals surface area contributed by atoms with Crippen LogP contribution in [0.2, 0.25) is 0 Å². The first-order chi connectivity index (χ1) is 37.1. The molecule has 342 valence electrons. The fraction of sp³-hybridized carbons (Fsp3) is 0.0286. The summed E-state index contributed by atoms with van der Waals surface area (Å²) in [6.45, 7) is 0. The standard InChI is InChI=1S/C70H36N4S/c71-37-39-31-33-45-51(35-39)52-36-40(38-72)32-34-46(52)64-63(45)73-65-66(74-64)68(50-22-14-30-60-62(50)48-20-6-12-28-58(48)70(60)55-25-9-3-17-43(55)44-18-4-10-26-56(44)70)75-67(65)49-21-13-29-59-61(49)47-19-5-11-27-57(47)69(59)53-23-7-1-15-41(53)42-16-2-8-24-54(42)69/h1-36H.